The molecular formula is C20H21NO4. The van der Waals surface area contributed by atoms with E-state index in [1.165, 1.54) is 12.1 Å². The van der Waals surface area contributed by atoms with E-state index in [9.17, 15) is 9.59 Å². The van der Waals surface area contributed by atoms with Gasteiger partial charge in [0.15, 0.2) is 0 Å². The molecule has 0 radical (unpaired) electrons. The van der Waals surface area contributed by atoms with Gasteiger partial charge in [-0.25, -0.2) is 4.79 Å². The second kappa shape index (κ2) is 7.49. The molecule has 5 heteroatoms. The molecule has 5 nitrogen and oxygen atoms in total. The maximum absolute atomic E-state index is 12.7. The fourth-order valence-electron chi connectivity index (χ4n) is 3.01. The first-order valence-electron chi connectivity index (χ1n) is 8.33. The van der Waals surface area contributed by atoms with E-state index in [1.54, 1.807) is 12.1 Å². The maximum atomic E-state index is 12.7. The van der Waals surface area contributed by atoms with E-state index in [4.69, 9.17) is 9.84 Å². The highest BCUT2D eigenvalue weighted by Crippen LogP contribution is 2.25. The number of hydrogen-bond donors (Lipinski definition) is 1. The minimum atomic E-state index is -0.967. The number of nitrogens with zero attached hydrogens (tertiary/aromatic N) is 1. The van der Waals surface area contributed by atoms with E-state index in [2.05, 4.69) is 0 Å². The van der Waals surface area contributed by atoms with Crippen LogP contribution in [0.15, 0.2) is 54.6 Å². The second-order valence-electron chi connectivity index (χ2n) is 6.31. The molecule has 2 aromatic rings. The summed E-state index contributed by atoms with van der Waals surface area (Å²) in [6, 6.07) is 16.4. The molecule has 0 bridgehead atoms. The average Bonchev–Trinajstić information content (AvgIpc) is 2.63. The Kier molecular flexibility index (Phi) is 5.14. The van der Waals surface area contributed by atoms with Gasteiger partial charge in [0.2, 0.25) is 5.91 Å². The number of hydrogen-bond acceptors (Lipinski definition) is 3. The fourth-order valence-corrected chi connectivity index (χ4v) is 3.01. The molecule has 1 N–H and O–H groups in total. The minimum absolute atomic E-state index is 0.0192. The Morgan fingerprint density at radius 3 is 2.44 bits per heavy atom. The van der Waals surface area contributed by atoms with Crippen LogP contribution in [0, 0.1) is 0 Å². The van der Waals surface area contributed by atoms with E-state index < -0.39 is 5.97 Å². The number of morpholine rings is 1. The Hall–Kier alpha value is -2.66. The van der Waals surface area contributed by atoms with Gasteiger partial charge in [0, 0.05) is 0 Å². The van der Waals surface area contributed by atoms with Crippen LogP contribution in [0.1, 0.15) is 34.5 Å². The number of ether oxygens (including phenoxy) is 1. The van der Waals surface area contributed by atoms with Gasteiger partial charge in [0.25, 0.3) is 0 Å². The van der Waals surface area contributed by atoms with Crippen molar-refractivity contribution < 1.29 is 19.4 Å². The summed E-state index contributed by atoms with van der Waals surface area (Å²) in [7, 11) is 0. The molecule has 1 heterocycles. The van der Waals surface area contributed by atoms with Crippen LogP contribution in [0.3, 0.4) is 0 Å². The topological polar surface area (TPSA) is 66.8 Å². The Labute approximate surface area is 146 Å². The second-order valence-corrected chi connectivity index (χ2v) is 6.31. The molecule has 1 amide bonds. The molecule has 1 fully saturated rings. The third kappa shape index (κ3) is 4.06. The lowest BCUT2D eigenvalue weighted by molar-refractivity contribution is -0.143. The van der Waals surface area contributed by atoms with Crippen LogP contribution in [0.5, 0.6) is 0 Å². The van der Waals surface area contributed by atoms with E-state index >= 15 is 0 Å². The van der Waals surface area contributed by atoms with Gasteiger partial charge in [-0.2, -0.15) is 0 Å². The van der Waals surface area contributed by atoms with Crippen molar-refractivity contribution in [2.24, 2.45) is 0 Å². The van der Waals surface area contributed by atoms with Crippen molar-refractivity contribution in [3.8, 4) is 0 Å². The molecule has 0 saturated carbocycles. The maximum Gasteiger partial charge on any atom is 0.335 e. The molecule has 0 aliphatic carbocycles. The molecule has 1 saturated heterocycles. The summed E-state index contributed by atoms with van der Waals surface area (Å²) >= 11 is 0. The average molecular weight is 339 g/mol. The van der Waals surface area contributed by atoms with Gasteiger partial charge in [0.1, 0.15) is 6.10 Å². The summed E-state index contributed by atoms with van der Waals surface area (Å²) in [5.74, 6) is -0.940. The minimum Gasteiger partial charge on any atom is -0.478 e. The van der Waals surface area contributed by atoms with Crippen LogP contribution >= 0.6 is 0 Å². The highest BCUT2D eigenvalue weighted by atomic mass is 16.5. The van der Waals surface area contributed by atoms with Crippen molar-refractivity contribution >= 4 is 11.9 Å². The van der Waals surface area contributed by atoms with Crippen molar-refractivity contribution in [3.05, 3.63) is 71.3 Å². The summed E-state index contributed by atoms with van der Waals surface area (Å²) in [6.45, 7) is 3.01. The van der Waals surface area contributed by atoms with Gasteiger partial charge in [0.05, 0.1) is 31.2 Å². The summed E-state index contributed by atoms with van der Waals surface area (Å²) in [6.07, 6.45) is 0.141. The van der Waals surface area contributed by atoms with Crippen LogP contribution in [0.4, 0.5) is 0 Å². The van der Waals surface area contributed by atoms with Crippen LogP contribution in [0.2, 0.25) is 0 Å². The number of carboxylic acids is 1. The van der Waals surface area contributed by atoms with Crippen LogP contribution in [-0.4, -0.2) is 41.1 Å². The molecule has 1 aliphatic rings. The van der Waals surface area contributed by atoms with Crippen molar-refractivity contribution in [1.82, 2.24) is 4.90 Å². The lowest BCUT2D eigenvalue weighted by Crippen LogP contribution is -2.48. The third-order valence-electron chi connectivity index (χ3n) is 4.48. The Bertz CT molecular complexity index is 742. The number of amides is 1. The molecule has 25 heavy (non-hydrogen) atoms. The number of carbonyl (C=O) groups excluding carboxylic acids is 1. The highest BCUT2D eigenvalue weighted by molar-refractivity contribution is 5.87. The summed E-state index contributed by atoms with van der Waals surface area (Å²) < 4.78 is 5.89. The SMILES string of the molecule is CC1COC(c2ccccc2)CN1C(=O)Cc1ccc(C(=O)O)cc1. The Morgan fingerprint density at radius 2 is 1.80 bits per heavy atom. The lowest BCUT2D eigenvalue weighted by Gasteiger charge is -2.38. The third-order valence-corrected chi connectivity index (χ3v) is 4.48. The molecular weight excluding hydrogens is 318 g/mol. The van der Waals surface area contributed by atoms with Crippen molar-refractivity contribution in [1.29, 1.82) is 0 Å². The highest BCUT2D eigenvalue weighted by Gasteiger charge is 2.30. The van der Waals surface area contributed by atoms with Gasteiger partial charge in [-0.15, -0.1) is 0 Å². The normalized spacial score (nSPS) is 20.3. The van der Waals surface area contributed by atoms with Gasteiger partial charge in [-0.05, 0) is 30.2 Å². The standard InChI is InChI=1S/C20H21NO4/c1-14-13-25-18(16-5-3-2-4-6-16)12-21(14)19(22)11-15-7-9-17(10-8-15)20(23)24/h2-10,14,18H,11-13H2,1H3,(H,23,24). The Balaban J connectivity index is 1.68. The quantitative estimate of drug-likeness (QED) is 0.930. The van der Waals surface area contributed by atoms with Crippen molar-refractivity contribution in [3.63, 3.8) is 0 Å². The van der Waals surface area contributed by atoms with Crippen LogP contribution < -0.4 is 0 Å². The van der Waals surface area contributed by atoms with E-state index in [1.807, 2.05) is 42.2 Å². The number of rotatable bonds is 4. The molecule has 0 aromatic heterocycles. The number of carboxylic acid groups (broad SMARTS) is 1. The molecule has 2 unspecified atom stereocenters. The zero-order valence-electron chi connectivity index (χ0n) is 14.1. The van der Waals surface area contributed by atoms with Gasteiger partial charge in [-0.3, -0.25) is 4.79 Å². The molecule has 1 aliphatic heterocycles. The van der Waals surface area contributed by atoms with E-state index in [0.29, 0.717) is 13.2 Å². The van der Waals surface area contributed by atoms with Crippen molar-refractivity contribution in [2.45, 2.75) is 25.5 Å². The van der Waals surface area contributed by atoms with Gasteiger partial charge >= 0.3 is 5.97 Å². The first-order valence-corrected chi connectivity index (χ1v) is 8.33. The number of carbonyl (C=O) groups is 2. The molecule has 2 aromatic carbocycles. The van der Waals surface area contributed by atoms with E-state index in [0.717, 1.165) is 11.1 Å². The monoisotopic (exact) mass is 339 g/mol. The lowest BCUT2D eigenvalue weighted by atomic mass is 10.0. The van der Waals surface area contributed by atoms with Crippen LogP contribution in [-0.2, 0) is 16.0 Å². The van der Waals surface area contributed by atoms with Crippen LogP contribution in [0.25, 0.3) is 0 Å². The predicted molar refractivity (Wildman–Crippen MR) is 93.4 cm³/mol. The Morgan fingerprint density at radius 1 is 1.12 bits per heavy atom. The van der Waals surface area contributed by atoms with Gasteiger partial charge < -0.3 is 14.7 Å². The first-order chi connectivity index (χ1) is 12.0. The van der Waals surface area contributed by atoms with E-state index in [-0.39, 0.29) is 30.0 Å². The molecule has 2 atom stereocenters. The summed E-state index contributed by atoms with van der Waals surface area (Å²) in [5.41, 5.74) is 2.10. The molecule has 3 rings (SSSR count). The zero-order valence-corrected chi connectivity index (χ0v) is 14.1. The zero-order chi connectivity index (χ0) is 17.8. The van der Waals surface area contributed by atoms with Crippen molar-refractivity contribution in [2.75, 3.05) is 13.2 Å². The predicted octanol–water partition coefficient (Wildman–Crippen LogP) is 2.92. The molecule has 0 spiro atoms. The number of aromatic carboxylic acids is 1. The number of benzene rings is 2. The van der Waals surface area contributed by atoms with Gasteiger partial charge in [-0.1, -0.05) is 42.5 Å². The molecule has 130 valence electrons. The first kappa shape index (κ1) is 17.2. The summed E-state index contributed by atoms with van der Waals surface area (Å²) in [5, 5.41) is 8.94. The largest absolute Gasteiger partial charge is 0.478 e. The summed E-state index contributed by atoms with van der Waals surface area (Å²) in [4.78, 5) is 25.5. The smallest absolute Gasteiger partial charge is 0.335 e. The fraction of sp³-hybridized carbons (Fsp3) is 0.300.